The van der Waals surface area contributed by atoms with Gasteiger partial charge in [-0.3, -0.25) is 24.0 Å². The first-order valence-electron chi connectivity index (χ1n) is 20.3. The van der Waals surface area contributed by atoms with Gasteiger partial charge >= 0.3 is 0 Å². The van der Waals surface area contributed by atoms with E-state index < -0.39 is 29.5 Å². The smallest absolute Gasteiger partial charge is 0.246 e. The Bertz CT molecular complexity index is 1890. The van der Waals surface area contributed by atoms with Crippen LogP contribution in [0.5, 0.6) is 0 Å². The second-order valence-electron chi connectivity index (χ2n) is 17.2. The SMILES string of the molecule is CC(=O)N[C@@H](CCC(N)=O)[C@@H](C)OCc1ccc(CC2CC(CC(=O)N[C@H](C(=O)N3C[C@H](O)C[C@H]3C(=O)NCc3ccc(-c4scnc4C)cc3)C(C)(C)C)C2)cc1. The van der Waals surface area contributed by atoms with Crippen LogP contribution in [0.2, 0.25) is 0 Å². The molecule has 1 aromatic heterocycles. The number of nitrogens with two attached hydrogens (primary N) is 1. The number of carbonyl (C=O) groups excluding carboxylic acids is 5. The molecule has 0 radical (unpaired) electrons. The Balaban J connectivity index is 1.07. The van der Waals surface area contributed by atoms with Gasteiger partial charge in [-0.2, -0.15) is 0 Å². The Morgan fingerprint density at radius 1 is 0.966 bits per heavy atom. The van der Waals surface area contributed by atoms with Gasteiger partial charge in [-0.05, 0) is 79.0 Å². The van der Waals surface area contributed by atoms with Crippen molar-refractivity contribution < 1.29 is 33.8 Å². The molecule has 14 heteroatoms. The largest absolute Gasteiger partial charge is 0.391 e. The number of aliphatic hydroxyl groups excluding tert-OH is 1. The van der Waals surface area contributed by atoms with Gasteiger partial charge in [0.25, 0.3) is 0 Å². The predicted octanol–water partition coefficient (Wildman–Crippen LogP) is 4.56. The Morgan fingerprint density at radius 3 is 2.22 bits per heavy atom. The van der Waals surface area contributed by atoms with Crippen molar-refractivity contribution in [3.8, 4) is 10.4 Å². The molecule has 0 bridgehead atoms. The number of amides is 5. The van der Waals surface area contributed by atoms with Crippen LogP contribution in [-0.2, 0) is 48.3 Å². The first-order valence-corrected chi connectivity index (χ1v) is 21.1. The van der Waals surface area contributed by atoms with Gasteiger partial charge < -0.3 is 36.4 Å². The van der Waals surface area contributed by atoms with E-state index in [0.717, 1.165) is 46.5 Å². The number of benzene rings is 2. The minimum atomic E-state index is -0.865. The van der Waals surface area contributed by atoms with Crippen molar-refractivity contribution >= 4 is 40.9 Å². The molecule has 1 aliphatic heterocycles. The molecule has 2 aromatic carbocycles. The molecule has 13 nitrogen and oxygen atoms in total. The van der Waals surface area contributed by atoms with Crippen LogP contribution >= 0.6 is 11.3 Å². The molecule has 0 unspecified atom stereocenters. The van der Waals surface area contributed by atoms with E-state index in [1.54, 1.807) is 11.3 Å². The fourth-order valence-electron chi connectivity index (χ4n) is 7.90. The number of aryl methyl sites for hydroxylation is 1. The molecule has 5 amide bonds. The molecule has 5 atom stereocenters. The summed E-state index contributed by atoms with van der Waals surface area (Å²) >= 11 is 1.58. The summed E-state index contributed by atoms with van der Waals surface area (Å²) in [6.07, 6.45) is 2.59. The molecule has 2 aliphatic rings. The number of rotatable bonds is 18. The highest BCUT2D eigenvalue weighted by Gasteiger charge is 2.45. The van der Waals surface area contributed by atoms with Crippen LogP contribution < -0.4 is 21.7 Å². The lowest BCUT2D eigenvalue weighted by Gasteiger charge is -2.37. The van der Waals surface area contributed by atoms with Gasteiger partial charge in [-0.25, -0.2) is 4.98 Å². The van der Waals surface area contributed by atoms with E-state index in [9.17, 15) is 29.1 Å². The summed E-state index contributed by atoms with van der Waals surface area (Å²) in [7, 11) is 0. The number of hydrogen-bond donors (Lipinski definition) is 5. The van der Waals surface area contributed by atoms with Gasteiger partial charge in [0.05, 0.1) is 40.9 Å². The summed E-state index contributed by atoms with van der Waals surface area (Å²) in [6, 6.07) is 14.1. The zero-order chi connectivity index (χ0) is 42.1. The highest BCUT2D eigenvalue weighted by atomic mass is 32.1. The number of likely N-dealkylation sites (tertiary alicyclic amines) is 1. The Labute approximate surface area is 345 Å². The first-order chi connectivity index (χ1) is 27.5. The number of nitrogens with zero attached hydrogens (tertiary/aromatic N) is 2. The molecule has 58 heavy (non-hydrogen) atoms. The predicted molar refractivity (Wildman–Crippen MR) is 223 cm³/mol. The van der Waals surface area contributed by atoms with E-state index in [1.807, 2.05) is 76.5 Å². The zero-order valence-electron chi connectivity index (χ0n) is 34.6. The van der Waals surface area contributed by atoms with Gasteiger partial charge in [-0.15, -0.1) is 11.3 Å². The van der Waals surface area contributed by atoms with Crippen LogP contribution in [0.4, 0.5) is 0 Å². The third kappa shape index (κ3) is 12.4. The van der Waals surface area contributed by atoms with Crippen LogP contribution in [0, 0.1) is 24.2 Å². The number of aliphatic hydroxyl groups is 1. The molecule has 0 spiro atoms. The number of primary amides is 1. The Morgan fingerprint density at radius 2 is 1.62 bits per heavy atom. The highest BCUT2D eigenvalue weighted by molar-refractivity contribution is 7.13. The third-order valence-corrected chi connectivity index (χ3v) is 12.2. The monoisotopic (exact) mass is 816 g/mol. The van der Waals surface area contributed by atoms with Crippen molar-refractivity contribution in [2.45, 2.75) is 130 Å². The van der Waals surface area contributed by atoms with Crippen molar-refractivity contribution in [1.82, 2.24) is 25.8 Å². The van der Waals surface area contributed by atoms with Crippen LogP contribution in [0.1, 0.15) is 95.5 Å². The van der Waals surface area contributed by atoms with Crippen molar-refractivity contribution in [3.63, 3.8) is 0 Å². The number of β-amino-alcohol motifs (C(OH)–C–C–N with tert-alkyl or cyclic N) is 1. The third-order valence-electron chi connectivity index (χ3n) is 11.2. The van der Waals surface area contributed by atoms with E-state index >= 15 is 0 Å². The topological polar surface area (TPSA) is 193 Å². The molecule has 5 rings (SSSR count). The summed E-state index contributed by atoms with van der Waals surface area (Å²) in [5.41, 5.74) is 11.6. The molecular formula is C44H60N6O7S. The second-order valence-corrected chi connectivity index (χ2v) is 18.1. The van der Waals surface area contributed by atoms with Gasteiger partial charge in [0.15, 0.2) is 0 Å². The lowest BCUT2D eigenvalue weighted by atomic mass is 9.70. The van der Waals surface area contributed by atoms with Gasteiger partial charge in [-0.1, -0.05) is 69.3 Å². The van der Waals surface area contributed by atoms with E-state index in [2.05, 4.69) is 33.1 Å². The summed E-state index contributed by atoms with van der Waals surface area (Å²) in [5.74, 6) is -0.840. The minimum Gasteiger partial charge on any atom is -0.391 e. The quantitative estimate of drug-likeness (QED) is 0.123. The van der Waals surface area contributed by atoms with E-state index in [0.29, 0.717) is 25.4 Å². The van der Waals surface area contributed by atoms with E-state index in [4.69, 9.17) is 10.5 Å². The number of thiazole rings is 1. The lowest BCUT2D eigenvalue weighted by Crippen LogP contribution is -2.58. The van der Waals surface area contributed by atoms with Crippen molar-refractivity contribution in [1.29, 1.82) is 0 Å². The average molecular weight is 817 g/mol. The molecule has 1 aliphatic carbocycles. The molecular weight excluding hydrogens is 757 g/mol. The van der Waals surface area contributed by atoms with Gasteiger partial charge in [0.2, 0.25) is 29.5 Å². The molecule has 1 saturated carbocycles. The molecule has 6 N–H and O–H groups in total. The van der Waals surface area contributed by atoms with Crippen LogP contribution in [0.15, 0.2) is 54.0 Å². The normalized spacial score (nSPS) is 20.7. The van der Waals surface area contributed by atoms with Gasteiger partial charge in [0, 0.05) is 39.3 Å². The Kier molecular flexibility index (Phi) is 15.2. The Hall–Kier alpha value is -4.66. The summed E-state index contributed by atoms with van der Waals surface area (Å²) in [4.78, 5) is 70.6. The summed E-state index contributed by atoms with van der Waals surface area (Å²) in [5, 5.41) is 19.4. The number of aromatic nitrogens is 1. The summed E-state index contributed by atoms with van der Waals surface area (Å²) in [6.45, 7) is 11.6. The van der Waals surface area contributed by atoms with Crippen LogP contribution in [-0.4, -0.2) is 81.4 Å². The standard InChI is InChI=1S/C44H60N6O7S/c1-26-40(58-25-47-26)34-13-11-30(12-14-34)22-46-42(55)37-21-35(52)23-50(37)43(56)41(44(4,5)6)49-39(54)20-33-18-32(19-33)17-29-7-9-31(10-8-29)24-57-27(2)36(48-28(3)51)15-16-38(45)53/h7-14,25,27,32-33,35-37,41,52H,15-24H2,1-6H3,(H2,45,53)(H,46,55)(H,48,51)(H,49,54)/t27-,32?,33?,35-,36+,37+,41-/m1/s1. The summed E-state index contributed by atoms with van der Waals surface area (Å²) < 4.78 is 6.02. The number of carbonyl (C=O) groups is 5. The minimum absolute atomic E-state index is 0.0250. The first kappa shape index (κ1) is 44.4. The van der Waals surface area contributed by atoms with Crippen molar-refractivity contribution in [2.75, 3.05) is 6.54 Å². The molecule has 314 valence electrons. The fraction of sp³-hybridized carbons (Fsp3) is 0.545. The molecule has 2 heterocycles. The number of nitrogens with one attached hydrogen (secondary N) is 3. The highest BCUT2D eigenvalue weighted by Crippen LogP contribution is 2.38. The second kappa shape index (κ2) is 19.9. The van der Waals surface area contributed by atoms with E-state index in [-0.39, 0.29) is 67.6 Å². The van der Waals surface area contributed by atoms with Crippen LogP contribution in [0.3, 0.4) is 0 Å². The number of hydrogen-bond acceptors (Lipinski definition) is 9. The zero-order valence-corrected chi connectivity index (χ0v) is 35.4. The van der Waals surface area contributed by atoms with Crippen molar-refractivity contribution in [2.24, 2.45) is 23.0 Å². The average Bonchev–Trinajstić information content (AvgIpc) is 3.77. The number of ether oxygens (including phenoxy) is 1. The molecule has 1 saturated heterocycles. The maximum Gasteiger partial charge on any atom is 0.246 e. The van der Waals surface area contributed by atoms with Gasteiger partial charge in [0.1, 0.15) is 12.1 Å². The van der Waals surface area contributed by atoms with Crippen LogP contribution in [0.25, 0.3) is 10.4 Å². The molecule has 3 aromatic rings. The maximum atomic E-state index is 14.1. The lowest BCUT2D eigenvalue weighted by molar-refractivity contribution is -0.144. The fourth-order valence-corrected chi connectivity index (χ4v) is 8.71. The van der Waals surface area contributed by atoms with E-state index in [1.165, 1.54) is 17.4 Å². The van der Waals surface area contributed by atoms with Crippen molar-refractivity contribution in [3.05, 3.63) is 76.4 Å². The maximum absolute atomic E-state index is 14.1. The molecule has 2 fully saturated rings.